The zero-order chi connectivity index (χ0) is 11.0. The van der Waals surface area contributed by atoms with Crippen LogP contribution in [0.2, 0.25) is 0 Å². The highest BCUT2D eigenvalue weighted by atomic mass is 19.4. The third-order valence-electron chi connectivity index (χ3n) is 1.64. The Morgan fingerprint density at radius 2 is 1.79 bits per heavy atom. The van der Waals surface area contributed by atoms with Crippen molar-refractivity contribution < 1.29 is 22.6 Å². The van der Waals surface area contributed by atoms with Gasteiger partial charge in [-0.1, -0.05) is 0 Å². The minimum Gasteiger partial charge on any atom is -0.379 e. The van der Waals surface area contributed by atoms with Gasteiger partial charge in [-0.05, 0) is 6.92 Å². The molecule has 0 rings (SSSR count). The van der Waals surface area contributed by atoms with Gasteiger partial charge in [0.25, 0.3) is 0 Å². The summed E-state index contributed by atoms with van der Waals surface area (Å²) >= 11 is 0. The van der Waals surface area contributed by atoms with Crippen molar-refractivity contribution in [1.29, 1.82) is 0 Å². The molecule has 0 aromatic carbocycles. The molecule has 0 fully saturated rings. The van der Waals surface area contributed by atoms with E-state index in [0.717, 1.165) is 0 Å². The third-order valence-corrected chi connectivity index (χ3v) is 1.64. The molecular weight excluding hydrogens is 199 g/mol. The van der Waals surface area contributed by atoms with E-state index in [2.05, 4.69) is 0 Å². The van der Waals surface area contributed by atoms with Crippen molar-refractivity contribution in [1.82, 2.24) is 0 Å². The standard InChI is InChI=1S/C8H16F3NO2/c1-2-13-3-4-14-6-7(5-12)8(9,10)11/h7H,2-6,12H2,1H3. The summed E-state index contributed by atoms with van der Waals surface area (Å²) in [7, 11) is 0. The predicted octanol–water partition coefficient (Wildman–Crippen LogP) is 1.18. The second kappa shape index (κ2) is 7.03. The topological polar surface area (TPSA) is 44.5 Å². The Balaban J connectivity index is 3.54. The van der Waals surface area contributed by atoms with Crippen LogP contribution in [0.4, 0.5) is 13.2 Å². The zero-order valence-electron chi connectivity index (χ0n) is 8.14. The maximum absolute atomic E-state index is 12.1. The average molecular weight is 215 g/mol. The summed E-state index contributed by atoms with van der Waals surface area (Å²) in [5, 5.41) is 0. The monoisotopic (exact) mass is 215 g/mol. The van der Waals surface area contributed by atoms with Gasteiger partial charge in [-0.3, -0.25) is 0 Å². The molecule has 0 bridgehead atoms. The minimum atomic E-state index is -4.28. The normalized spacial score (nSPS) is 14.4. The lowest BCUT2D eigenvalue weighted by Crippen LogP contribution is -2.34. The Morgan fingerprint density at radius 1 is 1.21 bits per heavy atom. The van der Waals surface area contributed by atoms with Gasteiger partial charge in [0.15, 0.2) is 0 Å². The Kier molecular flexibility index (Phi) is 6.86. The van der Waals surface area contributed by atoms with E-state index in [-0.39, 0.29) is 6.61 Å². The van der Waals surface area contributed by atoms with E-state index < -0.39 is 25.2 Å². The number of hydrogen-bond acceptors (Lipinski definition) is 3. The highest BCUT2D eigenvalue weighted by Gasteiger charge is 2.38. The Hall–Kier alpha value is -0.330. The van der Waals surface area contributed by atoms with Gasteiger partial charge < -0.3 is 15.2 Å². The van der Waals surface area contributed by atoms with Crippen molar-refractivity contribution in [3.63, 3.8) is 0 Å². The second-order valence-corrected chi connectivity index (χ2v) is 2.75. The molecule has 0 aromatic heterocycles. The van der Waals surface area contributed by atoms with E-state index in [4.69, 9.17) is 15.2 Å². The molecule has 3 nitrogen and oxygen atoms in total. The molecule has 1 atom stereocenters. The number of nitrogens with two attached hydrogens (primary N) is 1. The summed E-state index contributed by atoms with van der Waals surface area (Å²) < 4.78 is 46.0. The quantitative estimate of drug-likeness (QED) is 0.648. The number of alkyl halides is 3. The van der Waals surface area contributed by atoms with E-state index in [1.54, 1.807) is 6.92 Å². The van der Waals surface area contributed by atoms with E-state index in [0.29, 0.717) is 13.2 Å². The van der Waals surface area contributed by atoms with Crippen molar-refractivity contribution in [3.8, 4) is 0 Å². The maximum Gasteiger partial charge on any atom is 0.395 e. The average Bonchev–Trinajstić information content (AvgIpc) is 2.09. The summed E-state index contributed by atoms with van der Waals surface area (Å²) in [6, 6.07) is 0. The summed E-state index contributed by atoms with van der Waals surface area (Å²) in [5.41, 5.74) is 4.97. The molecule has 14 heavy (non-hydrogen) atoms. The molecule has 0 radical (unpaired) electrons. The van der Waals surface area contributed by atoms with E-state index >= 15 is 0 Å². The van der Waals surface area contributed by atoms with Crippen molar-refractivity contribution in [2.24, 2.45) is 11.7 Å². The fraction of sp³-hybridized carbons (Fsp3) is 1.00. The van der Waals surface area contributed by atoms with Crippen LogP contribution in [0.5, 0.6) is 0 Å². The van der Waals surface area contributed by atoms with E-state index in [1.807, 2.05) is 0 Å². The predicted molar refractivity (Wildman–Crippen MR) is 45.9 cm³/mol. The second-order valence-electron chi connectivity index (χ2n) is 2.75. The summed E-state index contributed by atoms with van der Waals surface area (Å²) in [6.07, 6.45) is -4.28. The van der Waals surface area contributed by atoms with Gasteiger partial charge in [0.1, 0.15) is 0 Å². The largest absolute Gasteiger partial charge is 0.395 e. The molecule has 86 valence electrons. The number of rotatable bonds is 7. The highest BCUT2D eigenvalue weighted by molar-refractivity contribution is 4.67. The summed E-state index contributed by atoms with van der Waals surface area (Å²) in [4.78, 5) is 0. The Morgan fingerprint density at radius 3 is 2.21 bits per heavy atom. The minimum absolute atomic E-state index is 0.167. The van der Waals surface area contributed by atoms with Gasteiger partial charge >= 0.3 is 6.18 Å². The van der Waals surface area contributed by atoms with Gasteiger partial charge in [-0.15, -0.1) is 0 Å². The van der Waals surface area contributed by atoms with Gasteiger partial charge in [0.05, 0.1) is 25.7 Å². The molecule has 0 amide bonds. The van der Waals surface area contributed by atoms with Crippen molar-refractivity contribution in [3.05, 3.63) is 0 Å². The van der Waals surface area contributed by atoms with Crippen molar-refractivity contribution >= 4 is 0 Å². The van der Waals surface area contributed by atoms with Crippen LogP contribution in [-0.2, 0) is 9.47 Å². The zero-order valence-corrected chi connectivity index (χ0v) is 8.14. The van der Waals surface area contributed by atoms with Crippen LogP contribution in [-0.4, -0.2) is 39.1 Å². The van der Waals surface area contributed by atoms with Crippen LogP contribution in [0, 0.1) is 5.92 Å². The molecule has 0 aliphatic carbocycles. The molecule has 1 unspecified atom stereocenters. The molecule has 2 N–H and O–H groups in total. The molecule has 0 spiro atoms. The van der Waals surface area contributed by atoms with Crippen molar-refractivity contribution in [2.75, 3.05) is 33.0 Å². The molecule has 0 aliphatic rings. The maximum atomic E-state index is 12.1. The molecule has 0 saturated carbocycles. The van der Waals surface area contributed by atoms with Crippen LogP contribution in [0.3, 0.4) is 0 Å². The lowest BCUT2D eigenvalue weighted by Gasteiger charge is -2.18. The van der Waals surface area contributed by atoms with E-state index in [9.17, 15) is 13.2 Å². The first-order chi connectivity index (χ1) is 6.52. The Bertz CT molecular complexity index is 141. The smallest absolute Gasteiger partial charge is 0.379 e. The first-order valence-electron chi connectivity index (χ1n) is 4.44. The lowest BCUT2D eigenvalue weighted by molar-refractivity contribution is -0.186. The van der Waals surface area contributed by atoms with Crippen LogP contribution >= 0.6 is 0 Å². The SMILES string of the molecule is CCOCCOCC(CN)C(F)(F)F. The van der Waals surface area contributed by atoms with Gasteiger partial charge in [-0.2, -0.15) is 13.2 Å². The fourth-order valence-electron chi connectivity index (χ4n) is 0.784. The molecule has 6 heteroatoms. The van der Waals surface area contributed by atoms with Crippen LogP contribution in [0.15, 0.2) is 0 Å². The van der Waals surface area contributed by atoms with Gasteiger partial charge in [0, 0.05) is 13.2 Å². The molecule has 0 aromatic rings. The third kappa shape index (κ3) is 6.17. The summed E-state index contributed by atoms with van der Waals surface area (Å²) in [6.45, 7) is 1.97. The highest BCUT2D eigenvalue weighted by Crippen LogP contribution is 2.25. The van der Waals surface area contributed by atoms with Crippen LogP contribution in [0.25, 0.3) is 0 Å². The molecule has 0 aliphatic heterocycles. The van der Waals surface area contributed by atoms with Crippen LogP contribution in [0.1, 0.15) is 6.92 Å². The Labute approximate surface area is 81.4 Å². The first kappa shape index (κ1) is 13.7. The number of ether oxygens (including phenoxy) is 2. The van der Waals surface area contributed by atoms with E-state index in [1.165, 1.54) is 0 Å². The fourth-order valence-corrected chi connectivity index (χ4v) is 0.784. The molecular formula is C8H16F3NO2. The summed E-state index contributed by atoms with van der Waals surface area (Å²) in [5.74, 6) is -1.58. The van der Waals surface area contributed by atoms with Crippen molar-refractivity contribution in [2.45, 2.75) is 13.1 Å². The van der Waals surface area contributed by atoms with Gasteiger partial charge in [-0.25, -0.2) is 0 Å². The van der Waals surface area contributed by atoms with Crippen LogP contribution < -0.4 is 5.73 Å². The lowest BCUT2D eigenvalue weighted by atomic mass is 10.1. The van der Waals surface area contributed by atoms with Gasteiger partial charge in [0.2, 0.25) is 0 Å². The first-order valence-corrected chi connectivity index (χ1v) is 4.44. The number of halogens is 3. The number of hydrogen-bond donors (Lipinski definition) is 1. The molecule has 0 heterocycles. The molecule has 0 saturated heterocycles.